The molecule has 2 fully saturated rings. The maximum absolute atomic E-state index is 12.8. The first-order valence-corrected chi connectivity index (χ1v) is 7.85. The number of nitrogens with one attached hydrogen (secondary N) is 2. The first-order chi connectivity index (χ1) is 10.7. The molecule has 114 valence electrons. The third-order valence-electron chi connectivity index (χ3n) is 4.88. The normalized spacial score (nSPS) is 24.4. The number of aromatic nitrogens is 1. The number of H-pyrrole nitrogens is 1. The molecule has 4 rings (SSSR count). The molecule has 5 nitrogen and oxygen atoms in total. The highest BCUT2D eigenvalue weighted by molar-refractivity contribution is 5.89. The highest BCUT2D eigenvalue weighted by Gasteiger charge is 2.40. The second kappa shape index (κ2) is 5.16. The van der Waals surface area contributed by atoms with Crippen LogP contribution in [0.4, 0.5) is 0 Å². The smallest absolute Gasteiger partial charge is 0.227 e. The van der Waals surface area contributed by atoms with Crippen molar-refractivity contribution < 1.29 is 9.59 Å². The van der Waals surface area contributed by atoms with E-state index in [2.05, 4.69) is 10.3 Å². The maximum Gasteiger partial charge on any atom is 0.227 e. The van der Waals surface area contributed by atoms with Gasteiger partial charge in [0, 0.05) is 42.1 Å². The van der Waals surface area contributed by atoms with E-state index in [1.54, 1.807) is 0 Å². The Balaban J connectivity index is 1.58. The molecule has 2 aliphatic heterocycles. The number of nitrogens with zero attached hydrogens (tertiary/aromatic N) is 1. The molecule has 0 unspecified atom stereocenters. The molecule has 2 amide bonds. The standard InChI is InChI=1S/C17H19N3O2/c21-16-8-12-5-6-13(10-19-16)20(12)17(22)7-11-9-18-15-4-2-1-3-14(11)15/h1-4,9,12-13,18H,5-8,10H2,(H,19,21)/t12-,13+/m1/s1. The third kappa shape index (κ3) is 2.17. The van der Waals surface area contributed by atoms with Gasteiger partial charge in [0.05, 0.1) is 6.42 Å². The van der Waals surface area contributed by atoms with Crippen molar-refractivity contribution in [3.05, 3.63) is 36.0 Å². The Morgan fingerprint density at radius 2 is 2.05 bits per heavy atom. The lowest BCUT2D eigenvalue weighted by atomic mass is 10.1. The van der Waals surface area contributed by atoms with E-state index in [4.69, 9.17) is 0 Å². The summed E-state index contributed by atoms with van der Waals surface area (Å²) in [4.78, 5) is 29.7. The van der Waals surface area contributed by atoms with E-state index < -0.39 is 0 Å². The molecule has 1 aromatic heterocycles. The fraction of sp³-hybridized carbons (Fsp3) is 0.412. The predicted octanol–water partition coefficient (Wildman–Crippen LogP) is 1.59. The zero-order chi connectivity index (χ0) is 15.1. The van der Waals surface area contributed by atoms with Gasteiger partial charge in [-0.05, 0) is 24.5 Å². The molecule has 2 aliphatic rings. The number of aromatic amines is 1. The lowest BCUT2D eigenvalue weighted by Gasteiger charge is -2.27. The van der Waals surface area contributed by atoms with Crippen molar-refractivity contribution in [2.45, 2.75) is 37.8 Å². The summed E-state index contributed by atoms with van der Waals surface area (Å²) in [5.41, 5.74) is 2.09. The van der Waals surface area contributed by atoms with Crippen LogP contribution < -0.4 is 5.32 Å². The van der Waals surface area contributed by atoms with E-state index in [1.165, 1.54) is 0 Å². The van der Waals surface area contributed by atoms with Crippen LogP contribution in [-0.2, 0) is 16.0 Å². The number of rotatable bonds is 2. The molecule has 2 bridgehead atoms. The number of carbonyl (C=O) groups is 2. The Kier molecular flexibility index (Phi) is 3.13. The summed E-state index contributed by atoms with van der Waals surface area (Å²) in [7, 11) is 0. The van der Waals surface area contributed by atoms with Gasteiger partial charge < -0.3 is 15.2 Å². The van der Waals surface area contributed by atoms with Crippen LogP contribution >= 0.6 is 0 Å². The monoisotopic (exact) mass is 297 g/mol. The predicted molar refractivity (Wildman–Crippen MR) is 83.3 cm³/mol. The molecule has 22 heavy (non-hydrogen) atoms. The summed E-state index contributed by atoms with van der Waals surface area (Å²) in [5, 5.41) is 4.01. The Labute approximate surface area is 128 Å². The number of hydrogen-bond acceptors (Lipinski definition) is 2. The van der Waals surface area contributed by atoms with E-state index in [0.29, 0.717) is 19.4 Å². The Hall–Kier alpha value is -2.30. The molecular formula is C17H19N3O2. The summed E-state index contributed by atoms with van der Waals surface area (Å²) < 4.78 is 0. The molecule has 2 saturated heterocycles. The van der Waals surface area contributed by atoms with Crippen molar-refractivity contribution in [3.63, 3.8) is 0 Å². The van der Waals surface area contributed by atoms with Crippen LogP contribution in [0.15, 0.2) is 30.5 Å². The van der Waals surface area contributed by atoms with Gasteiger partial charge >= 0.3 is 0 Å². The van der Waals surface area contributed by atoms with Gasteiger partial charge in [-0.3, -0.25) is 9.59 Å². The maximum atomic E-state index is 12.8. The van der Waals surface area contributed by atoms with Crippen molar-refractivity contribution in [2.24, 2.45) is 0 Å². The Morgan fingerprint density at radius 1 is 1.23 bits per heavy atom. The minimum absolute atomic E-state index is 0.0668. The molecule has 3 heterocycles. The van der Waals surface area contributed by atoms with Gasteiger partial charge in [0.25, 0.3) is 0 Å². The van der Waals surface area contributed by atoms with E-state index in [0.717, 1.165) is 29.3 Å². The van der Waals surface area contributed by atoms with Crippen molar-refractivity contribution >= 4 is 22.7 Å². The van der Waals surface area contributed by atoms with Gasteiger partial charge in [-0.15, -0.1) is 0 Å². The summed E-state index contributed by atoms with van der Waals surface area (Å²) >= 11 is 0. The largest absolute Gasteiger partial charge is 0.361 e. The molecule has 0 radical (unpaired) electrons. The van der Waals surface area contributed by atoms with E-state index in [9.17, 15) is 9.59 Å². The Bertz CT molecular complexity index is 736. The number of amides is 2. The first kappa shape index (κ1) is 13.4. The highest BCUT2D eigenvalue weighted by atomic mass is 16.2. The minimum atomic E-state index is 0.0668. The second-order valence-electron chi connectivity index (χ2n) is 6.23. The molecule has 0 saturated carbocycles. The van der Waals surface area contributed by atoms with Crippen molar-refractivity contribution in [1.29, 1.82) is 0 Å². The number of para-hydroxylation sites is 1. The second-order valence-corrected chi connectivity index (χ2v) is 6.23. The highest BCUT2D eigenvalue weighted by Crippen LogP contribution is 2.29. The van der Waals surface area contributed by atoms with E-state index in [-0.39, 0.29) is 23.9 Å². The fourth-order valence-electron chi connectivity index (χ4n) is 3.82. The van der Waals surface area contributed by atoms with Crippen LogP contribution in [0.2, 0.25) is 0 Å². The van der Waals surface area contributed by atoms with Crippen LogP contribution in [-0.4, -0.2) is 40.3 Å². The van der Waals surface area contributed by atoms with Crippen LogP contribution in [0.1, 0.15) is 24.8 Å². The minimum Gasteiger partial charge on any atom is -0.361 e. The molecule has 5 heteroatoms. The third-order valence-corrected chi connectivity index (χ3v) is 4.88. The van der Waals surface area contributed by atoms with Crippen molar-refractivity contribution in [1.82, 2.24) is 15.2 Å². The lowest BCUT2D eigenvalue weighted by Crippen LogP contribution is -2.43. The van der Waals surface area contributed by atoms with Gasteiger partial charge in [0.15, 0.2) is 0 Å². The van der Waals surface area contributed by atoms with Gasteiger partial charge in [-0.2, -0.15) is 0 Å². The Morgan fingerprint density at radius 3 is 2.95 bits per heavy atom. The van der Waals surface area contributed by atoms with Gasteiger partial charge in [0.2, 0.25) is 11.8 Å². The van der Waals surface area contributed by atoms with Gasteiger partial charge in [-0.25, -0.2) is 0 Å². The first-order valence-electron chi connectivity index (χ1n) is 7.85. The summed E-state index contributed by atoms with van der Waals surface area (Å²) in [6.45, 7) is 0.592. The van der Waals surface area contributed by atoms with Crippen LogP contribution in [0, 0.1) is 0 Å². The molecule has 0 aliphatic carbocycles. The molecular weight excluding hydrogens is 278 g/mol. The molecule has 2 N–H and O–H groups in total. The molecule has 1 aromatic carbocycles. The fourth-order valence-corrected chi connectivity index (χ4v) is 3.82. The SMILES string of the molecule is O=C1C[C@H]2CC[C@@H](CN1)N2C(=O)Cc1c[nH]c2ccccc12. The lowest BCUT2D eigenvalue weighted by molar-refractivity contribution is -0.133. The number of benzene rings is 1. The van der Waals surface area contributed by atoms with Crippen molar-refractivity contribution in [2.75, 3.05) is 6.54 Å². The van der Waals surface area contributed by atoms with Crippen LogP contribution in [0.5, 0.6) is 0 Å². The van der Waals surface area contributed by atoms with Crippen molar-refractivity contribution in [3.8, 4) is 0 Å². The molecule has 2 atom stereocenters. The van der Waals surface area contributed by atoms with Crippen LogP contribution in [0.25, 0.3) is 10.9 Å². The quantitative estimate of drug-likeness (QED) is 0.884. The van der Waals surface area contributed by atoms with Crippen LogP contribution in [0.3, 0.4) is 0 Å². The summed E-state index contributed by atoms with van der Waals surface area (Å²) in [5.74, 6) is 0.200. The zero-order valence-corrected chi connectivity index (χ0v) is 12.3. The average Bonchev–Trinajstić information content (AvgIpc) is 3.04. The average molecular weight is 297 g/mol. The van der Waals surface area contributed by atoms with Gasteiger partial charge in [0.1, 0.15) is 0 Å². The number of fused-ring (bicyclic) bond motifs is 3. The number of carbonyl (C=O) groups excluding carboxylic acids is 2. The topological polar surface area (TPSA) is 65.2 Å². The summed E-state index contributed by atoms with van der Waals surface area (Å²) in [6.07, 6.45) is 4.69. The van der Waals surface area contributed by atoms with Gasteiger partial charge in [-0.1, -0.05) is 18.2 Å². The van der Waals surface area contributed by atoms with E-state index >= 15 is 0 Å². The summed E-state index contributed by atoms with van der Waals surface area (Å²) in [6, 6.07) is 8.26. The van der Waals surface area contributed by atoms with E-state index in [1.807, 2.05) is 35.4 Å². The number of hydrogen-bond donors (Lipinski definition) is 2. The molecule has 0 spiro atoms. The molecule has 2 aromatic rings. The zero-order valence-electron chi connectivity index (χ0n) is 12.3.